The minimum atomic E-state index is -1.23. The summed E-state index contributed by atoms with van der Waals surface area (Å²) < 4.78 is 89.5. The number of ether oxygens (including phenoxy) is 8. The summed E-state index contributed by atoms with van der Waals surface area (Å²) in [5.41, 5.74) is 2.32. The Labute approximate surface area is 541 Å². The lowest BCUT2D eigenvalue weighted by Crippen LogP contribution is -2.41. The first-order valence-electron chi connectivity index (χ1n) is 30.1. The number of pyridine rings is 2. The average molecular weight is 1350 g/mol. The lowest BCUT2D eigenvalue weighted by Gasteiger charge is -2.32. The Balaban J connectivity index is 0.000000257. The Hall–Kier alpha value is -6.16. The Morgan fingerprint density at radius 3 is 1.44 bits per heavy atom. The standard InChI is InChI=1S/C29H41FN4O5Si.C18H28BNO5.C17H25BrFN3O2Si/c1-19(2)39-28-32-26(33-34(28)18-37-12-13-40(7,8)9)22-11-10-21(15-24(22)30)23-16-31-25(14-20(23)3)38-17-29(4,5)27(35)36-6;1-12-9-14(23-11-16(2,3)15(21)22-8)20-10-13(12)19-24-17(4,5)18(6,7)25-19;1-12(2)24-17-20-16(14-7-6-13(18)10-15(14)19)21-22(17)11-23-8-9-25(3,4)5/h10-11,14-16,19H,12-13,17-18H2,1-9H3;9-10H,11H2,1-8H3;6-7,10,12H,8-9,11H2,1-5H3. The molecule has 0 amide bonds. The molecule has 1 aliphatic heterocycles. The summed E-state index contributed by atoms with van der Waals surface area (Å²) >= 11 is 3.25. The van der Waals surface area contributed by atoms with Crippen molar-refractivity contribution in [2.75, 3.05) is 40.6 Å². The molecule has 0 radical (unpaired) electrons. The van der Waals surface area contributed by atoms with Gasteiger partial charge >= 0.3 is 31.1 Å². The fourth-order valence-electron chi connectivity index (χ4n) is 8.17. The minimum absolute atomic E-state index is 0.0625. The van der Waals surface area contributed by atoms with Crippen LogP contribution in [0.3, 0.4) is 0 Å². The van der Waals surface area contributed by atoms with E-state index in [0.29, 0.717) is 46.6 Å². The Kier molecular flexibility index (Phi) is 26.0. The summed E-state index contributed by atoms with van der Waals surface area (Å²) in [5, 5.41) is 8.85. The first kappa shape index (κ1) is 74.6. The molecule has 0 spiro atoms. The predicted molar refractivity (Wildman–Crippen MR) is 354 cm³/mol. The van der Waals surface area contributed by atoms with Gasteiger partial charge in [-0.05, 0) is 156 Å². The number of carbonyl (C=O) groups excluding carboxylic acids is 2. The summed E-state index contributed by atoms with van der Waals surface area (Å²) in [4.78, 5) is 41.1. The Bertz CT molecular complexity index is 3350. The molecule has 5 heterocycles. The van der Waals surface area contributed by atoms with Gasteiger partial charge in [0.05, 0.1) is 59.6 Å². The predicted octanol–water partition coefficient (Wildman–Crippen LogP) is 13.3. The van der Waals surface area contributed by atoms with Crippen molar-refractivity contribution >= 4 is 56.6 Å². The molecule has 0 N–H and O–H groups in total. The van der Waals surface area contributed by atoms with Gasteiger partial charge in [0.2, 0.25) is 11.8 Å². The van der Waals surface area contributed by atoms with Crippen molar-refractivity contribution in [2.45, 2.75) is 185 Å². The second-order valence-corrected chi connectivity index (χ2v) is 39.6. The molecule has 90 heavy (non-hydrogen) atoms. The zero-order valence-corrected chi connectivity index (χ0v) is 60.4. The van der Waals surface area contributed by atoms with Crippen molar-refractivity contribution in [1.29, 1.82) is 0 Å². The number of halogens is 3. The van der Waals surface area contributed by atoms with Crippen LogP contribution in [0.15, 0.2) is 65.4 Å². The van der Waals surface area contributed by atoms with Crippen LogP contribution in [0.1, 0.15) is 94.2 Å². The van der Waals surface area contributed by atoms with E-state index in [4.69, 9.17) is 47.2 Å². The highest BCUT2D eigenvalue weighted by molar-refractivity contribution is 9.10. The van der Waals surface area contributed by atoms with Gasteiger partial charge in [0.1, 0.15) is 38.3 Å². The van der Waals surface area contributed by atoms with Crippen LogP contribution in [0.25, 0.3) is 33.9 Å². The number of nitrogens with zero attached hydrogens (tertiary/aromatic N) is 8. The molecule has 7 rings (SSSR count). The molecular formula is C64H94BBrF2N8O12Si2. The van der Waals surface area contributed by atoms with Gasteiger partial charge in [0.25, 0.3) is 0 Å². The normalized spacial score (nSPS) is 14.0. The molecule has 2 aromatic carbocycles. The molecule has 1 fully saturated rings. The second kappa shape index (κ2) is 31.4. The third-order valence-corrected chi connectivity index (χ3v) is 18.3. The van der Waals surface area contributed by atoms with Crippen molar-refractivity contribution in [1.82, 2.24) is 39.5 Å². The lowest BCUT2D eigenvalue weighted by molar-refractivity contribution is -0.153. The van der Waals surface area contributed by atoms with Gasteiger partial charge in [-0.3, -0.25) is 9.59 Å². The largest absolute Gasteiger partial charge is 0.496 e. The first-order chi connectivity index (χ1) is 41.7. The summed E-state index contributed by atoms with van der Waals surface area (Å²) in [6.45, 7) is 42.3. The number of esters is 2. The maximum absolute atomic E-state index is 15.4. The van der Waals surface area contributed by atoms with Crippen molar-refractivity contribution in [3.63, 3.8) is 0 Å². The number of rotatable bonds is 26. The molecule has 494 valence electrons. The molecule has 4 aromatic heterocycles. The monoisotopic (exact) mass is 1350 g/mol. The highest BCUT2D eigenvalue weighted by Crippen LogP contribution is 2.37. The van der Waals surface area contributed by atoms with Gasteiger partial charge in [0.15, 0.2) is 11.6 Å². The van der Waals surface area contributed by atoms with E-state index in [-0.39, 0.29) is 79.9 Å². The van der Waals surface area contributed by atoms with Crippen LogP contribution in [0.4, 0.5) is 8.78 Å². The number of methoxy groups -OCH3 is 2. The number of hydrogen-bond acceptors (Lipinski definition) is 18. The van der Waals surface area contributed by atoms with Crippen LogP contribution >= 0.6 is 15.9 Å². The second-order valence-electron chi connectivity index (χ2n) is 27.4. The lowest BCUT2D eigenvalue weighted by atomic mass is 9.77. The van der Waals surface area contributed by atoms with Gasteiger partial charge in [-0.2, -0.15) is 19.3 Å². The number of benzene rings is 2. The highest BCUT2D eigenvalue weighted by atomic mass is 79.9. The van der Waals surface area contributed by atoms with E-state index in [2.05, 4.69) is 85.3 Å². The van der Waals surface area contributed by atoms with Gasteiger partial charge in [-0.15, -0.1) is 10.2 Å². The van der Waals surface area contributed by atoms with Gasteiger partial charge < -0.3 is 47.2 Å². The van der Waals surface area contributed by atoms with Crippen LogP contribution in [-0.2, 0) is 51.3 Å². The van der Waals surface area contributed by atoms with Crippen LogP contribution in [-0.4, -0.2) is 139 Å². The smallest absolute Gasteiger partial charge is 0.476 e. The molecule has 0 aliphatic carbocycles. The third-order valence-electron chi connectivity index (χ3n) is 14.4. The number of aryl methyl sites for hydroxylation is 2. The molecule has 0 atom stereocenters. The van der Waals surface area contributed by atoms with Crippen LogP contribution in [0.2, 0.25) is 51.4 Å². The fourth-order valence-corrected chi connectivity index (χ4v) is 10.0. The topological polar surface area (TPSA) is 214 Å². The Morgan fingerprint density at radius 1 is 0.633 bits per heavy atom. The van der Waals surface area contributed by atoms with Crippen molar-refractivity contribution in [2.24, 2.45) is 10.8 Å². The SMILES string of the molecule is CC(C)Oc1nc(-c2ccc(Br)cc2F)nn1COCC[Si](C)(C)C.COC(=O)C(C)(C)COc1cc(C)c(-c2ccc(-c3nc(OC(C)C)n(COCC[Si](C)(C)C)n3)c(F)c2)cn1.COC(=O)C(C)(C)COc1cc(C)c(B2OC(C)(C)C(C)(C)O2)cn1. The molecule has 20 nitrogen and oxygen atoms in total. The summed E-state index contributed by atoms with van der Waals surface area (Å²) in [5.74, 6) is -0.210. The van der Waals surface area contributed by atoms with Crippen molar-refractivity contribution in [3.8, 4) is 57.7 Å². The van der Waals surface area contributed by atoms with E-state index in [1.807, 2.05) is 75.3 Å². The molecule has 26 heteroatoms. The van der Waals surface area contributed by atoms with Gasteiger partial charge in [-0.1, -0.05) is 61.3 Å². The molecule has 6 aromatic rings. The zero-order valence-electron chi connectivity index (χ0n) is 56.8. The average Bonchev–Trinajstić information content (AvgIpc) is 1.63. The molecule has 0 bridgehead atoms. The van der Waals surface area contributed by atoms with Crippen LogP contribution in [0, 0.1) is 36.3 Å². The Morgan fingerprint density at radius 2 is 1.06 bits per heavy atom. The molecule has 0 saturated carbocycles. The zero-order chi connectivity index (χ0) is 67.3. The van der Waals surface area contributed by atoms with Crippen molar-refractivity contribution in [3.05, 3.63) is 88.2 Å². The van der Waals surface area contributed by atoms with Gasteiger partial charge in [0, 0.05) is 69.4 Å². The minimum Gasteiger partial charge on any atom is -0.476 e. The fraction of sp³-hybridized carbons (Fsp3) is 0.562. The molecular weight excluding hydrogens is 1260 g/mol. The summed E-state index contributed by atoms with van der Waals surface area (Å²) in [7, 11) is -0.129. The molecule has 1 aliphatic rings. The maximum atomic E-state index is 15.4. The number of aromatic nitrogens is 8. The highest BCUT2D eigenvalue weighted by Gasteiger charge is 2.52. The quantitative estimate of drug-likeness (QED) is 0.0280. The van der Waals surface area contributed by atoms with Crippen molar-refractivity contribution < 1.29 is 65.6 Å². The van der Waals surface area contributed by atoms with Crippen LogP contribution < -0.4 is 24.4 Å². The molecule has 1 saturated heterocycles. The summed E-state index contributed by atoms with van der Waals surface area (Å²) in [6, 6.07) is 16.0. The molecule has 0 unspecified atom stereocenters. The number of hydrogen-bond donors (Lipinski definition) is 0. The van der Waals surface area contributed by atoms with E-state index in [1.165, 1.54) is 31.0 Å². The number of carbonyl (C=O) groups is 2. The maximum Gasteiger partial charge on any atom is 0.496 e. The van der Waals surface area contributed by atoms with E-state index in [1.54, 1.807) is 75.1 Å². The van der Waals surface area contributed by atoms with E-state index < -0.39 is 51.1 Å². The van der Waals surface area contributed by atoms with Gasteiger partial charge in [-0.25, -0.2) is 18.7 Å². The third kappa shape index (κ3) is 21.7. The van der Waals surface area contributed by atoms with E-state index in [0.717, 1.165) is 34.2 Å². The van der Waals surface area contributed by atoms with Crippen LogP contribution in [0.5, 0.6) is 23.8 Å². The van der Waals surface area contributed by atoms with E-state index >= 15 is 4.39 Å². The first-order valence-corrected chi connectivity index (χ1v) is 38.3. The van der Waals surface area contributed by atoms with E-state index in [9.17, 15) is 14.0 Å². The summed E-state index contributed by atoms with van der Waals surface area (Å²) in [6.07, 6.45) is 3.15.